The van der Waals surface area contributed by atoms with Crippen LogP contribution in [0.1, 0.15) is 90.9 Å². The van der Waals surface area contributed by atoms with Gasteiger partial charge in [-0.3, -0.25) is 9.59 Å². The molecule has 0 spiro atoms. The molecule has 0 fully saturated rings. The van der Waals surface area contributed by atoms with Gasteiger partial charge in [0.25, 0.3) is 0 Å². The molecule has 0 saturated heterocycles. The lowest BCUT2D eigenvalue weighted by molar-refractivity contribution is -0.141. The first-order valence-electron chi connectivity index (χ1n) is 9.58. The number of carboxylic acids is 1. The van der Waals surface area contributed by atoms with Gasteiger partial charge in [-0.2, -0.15) is 0 Å². The van der Waals surface area contributed by atoms with E-state index in [9.17, 15) is 14.7 Å². The van der Waals surface area contributed by atoms with E-state index in [1.807, 2.05) is 0 Å². The SMILES string of the molecule is CCCCCC(O)CCCC(CCCCCC(C)C(=O)O)C(N)=O. The molecular weight excluding hydrogens is 306 g/mol. The molecule has 0 aliphatic heterocycles. The number of hydrogen-bond acceptors (Lipinski definition) is 3. The van der Waals surface area contributed by atoms with Crippen molar-refractivity contribution in [3.8, 4) is 0 Å². The van der Waals surface area contributed by atoms with Crippen LogP contribution < -0.4 is 5.73 Å². The summed E-state index contributed by atoms with van der Waals surface area (Å²) in [4.78, 5) is 22.3. The Hall–Kier alpha value is -1.10. The number of carboxylic acid groups (broad SMARTS) is 1. The van der Waals surface area contributed by atoms with Gasteiger partial charge in [0.05, 0.1) is 12.0 Å². The van der Waals surface area contributed by atoms with E-state index in [1.54, 1.807) is 6.92 Å². The third kappa shape index (κ3) is 12.3. The number of primary amides is 1. The first kappa shape index (κ1) is 22.9. The van der Waals surface area contributed by atoms with Crippen molar-refractivity contribution in [2.45, 2.75) is 97.0 Å². The van der Waals surface area contributed by atoms with Crippen LogP contribution in [0.5, 0.6) is 0 Å². The van der Waals surface area contributed by atoms with Gasteiger partial charge in [-0.15, -0.1) is 0 Å². The monoisotopic (exact) mass is 343 g/mol. The number of amides is 1. The fourth-order valence-electron chi connectivity index (χ4n) is 2.94. The molecule has 3 unspecified atom stereocenters. The lowest BCUT2D eigenvalue weighted by atomic mass is 9.92. The van der Waals surface area contributed by atoms with Gasteiger partial charge in [0.15, 0.2) is 0 Å². The minimum atomic E-state index is -0.748. The molecule has 0 radical (unpaired) electrons. The van der Waals surface area contributed by atoms with Crippen LogP contribution in [0, 0.1) is 11.8 Å². The summed E-state index contributed by atoms with van der Waals surface area (Å²) in [7, 11) is 0. The zero-order chi connectivity index (χ0) is 18.4. The normalized spacial score (nSPS) is 15.0. The Morgan fingerprint density at radius 1 is 0.875 bits per heavy atom. The lowest BCUT2D eigenvalue weighted by Crippen LogP contribution is -2.23. The number of hydrogen-bond donors (Lipinski definition) is 3. The van der Waals surface area contributed by atoms with E-state index in [0.717, 1.165) is 70.6 Å². The molecule has 0 aliphatic rings. The molecular formula is C19H37NO4. The zero-order valence-electron chi connectivity index (χ0n) is 15.5. The molecule has 0 rings (SSSR count). The van der Waals surface area contributed by atoms with Crippen molar-refractivity contribution in [1.29, 1.82) is 0 Å². The van der Waals surface area contributed by atoms with Gasteiger partial charge in [0, 0.05) is 5.92 Å². The number of aliphatic hydroxyl groups is 1. The van der Waals surface area contributed by atoms with Gasteiger partial charge in [-0.05, 0) is 32.1 Å². The van der Waals surface area contributed by atoms with Crippen molar-refractivity contribution in [3.63, 3.8) is 0 Å². The molecule has 0 heterocycles. The van der Waals surface area contributed by atoms with E-state index >= 15 is 0 Å². The van der Waals surface area contributed by atoms with Gasteiger partial charge in [0.1, 0.15) is 0 Å². The number of aliphatic hydroxyl groups excluding tert-OH is 1. The molecule has 5 nitrogen and oxygen atoms in total. The Kier molecular flexibility index (Phi) is 13.6. The lowest BCUT2D eigenvalue weighted by Gasteiger charge is -2.15. The van der Waals surface area contributed by atoms with Crippen LogP contribution in [-0.2, 0) is 9.59 Å². The molecule has 0 aromatic carbocycles. The summed E-state index contributed by atoms with van der Waals surface area (Å²) >= 11 is 0. The number of carbonyl (C=O) groups excluding carboxylic acids is 1. The maximum absolute atomic E-state index is 11.5. The quantitative estimate of drug-likeness (QED) is 0.370. The number of nitrogens with two attached hydrogens (primary N) is 1. The molecule has 0 aromatic rings. The largest absolute Gasteiger partial charge is 0.481 e. The van der Waals surface area contributed by atoms with Crippen LogP contribution in [0.2, 0.25) is 0 Å². The predicted octanol–water partition coefficient (Wildman–Crippen LogP) is 3.87. The second kappa shape index (κ2) is 14.3. The summed E-state index contributed by atoms with van der Waals surface area (Å²) in [5.74, 6) is -1.42. The van der Waals surface area contributed by atoms with Crippen molar-refractivity contribution >= 4 is 11.9 Å². The van der Waals surface area contributed by atoms with Crippen LogP contribution in [0.15, 0.2) is 0 Å². The highest BCUT2D eigenvalue weighted by Gasteiger charge is 2.16. The summed E-state index contributed by atoms with van der Waals surface area (Å²) in [5.41, 5.74) is 5.48. The summed E-state index contributed by atoms with van der Waals surface area (Å²) < 4.78 is 0. The Labute approximate surface area is 147 Å². The molecule has 5 heteroatoms. The third-order valence-electron chi connectivity index (χ3n) is 4.74. The molecule has 0 aromatic heterocycles. The average molecular weight is 344 g/mol. The van der Waals surface area contributed by atoms with Gasteiger partial charge in [-0.1, -0.05) is 58.8 Å². The summed E-state index contributed by atoms with van der Waals surface area (Å²) in [6, 6.07) is 0. The Morgan fingerprint density at radius 3 is 2.00 bits per heavy atom. The molecule has 0 bridgehead atoms. The molecule has 1 amide bonds. The highest BCUT2D eigenvalue weighted by Crippen LogP contribution is 2.19. The van der Waals surface area contributed by atoms with Crippen molar-refractivity contribution in [1.82, 2.24) is 0 Å². The fourth-order valence-corrected chi connectivity index (χ4v) is 2.94. The van der Waals surface area contributed by atoms with E-state index in [2.05, 4.69) is 6.92 Å². The van der Waals surface area contributed by atoms with E-state index in [4.69, 9.17) is 10.8 Å². The van der Waals surface area contributed by atoms with Gasteiger partial charge in [0.2, 0.25) is 5.91 Å². The molecule has 0 aliphatic carbocycles. The fraction of sp³-hybridized carbons (Fsp3) is 0.895. The van der Waals surface area contributed by atoms with Gasteiger partial charge >= 0.3 is 5.97 Å². The van der Waals surface area contributed by atoms with Crippen molar-refractivity contribution < 1.29 is 19.8 Å². The molecule has 0 saturated carbocycles. The van der Waals surface area contributed by atoms with Crippen molar-refractivity contribution in [2.75, 3.05) is 0 Å². The summed E-state index contributed by atoms with van der Waals surface area (Å²) in [6.45, 7) is 3.87. The van der Waals surface area contributed by atoms with Crippen LogP contribution in [0.25, 0.3) is 0 Å². The predicted molar refractivity (Wildman–Crippen MR) is 96.6 cm³/mol. The number of carbonyl (C=O) groups is 2. The number of aliphatic carboxylic acids is 1. The Bertz CT molecular complexity index is 346. The number of unbranched alkanes of at least 4 members (excludes halogenated alkanes) is 4. The second-order valence-corrected chi connectivity index (χ2v) is 7.06. The first-order valence-corrected chi connectivity index (χ1v) is 9.58. The van der Waals surface area contributed by atoms with E-state index in [1.165, 1.54) is 0 Å². The van der Waals surface area contributed by atoms with Crippen LogP contribution in [-0.4, -0.2) is 28.2 Å². The zero-order valence-corrected chi connectivity index (χ0v) is 15.5. The highest BCUT2D eigenvalue weighted by molar-refractivity contribution is 5.76. The smallest absolute Gasteiger partial charge is 0.306 e. The van der Waals surface area contributed by atoms with Crippen LogP contribution >= 0.6 is 0 Å². The summed E-state index contributed by atoms with van der Waals surface area (Å²) in [6.07, 6.45) is 10.4. The minimum absolute atomic E-state index is 0.121. The second-order valence-electron chi connectivity index (χ2n) is 7.06. The Balaban J connectivity index is 3.82. The first-order chi connectivity index (χ1) is 11.4. The van der Waals surface area contributed by atoms with E-state index in [0.29, 0.717) is 6.42 Å². The van der Waals surface area contributed by atoms with Crippen molar-refractivity contribution in [3.05, 3.63) is 0 Å². The van der Waals surface area contributed by atoms with Crippen molar-refractivity contribution in [2.24, 2.45) is 17.6 Å². The molecule has 24 heavy (non-hydrogen) atoms. The van der Waals surface area contributed by atoms with E-state index < -0.39 is 5.97 Å². The standard InChI is InChI=1S/C19H37NO4/c1-3-4-6-13-17(21)14-9-12-16(18(20)22)11-8-5-7-10-15(2)19(23)24/h15-17,21H,3-14H2,1-2H3,(H2,20,22)(H,23,24). The maximum atomic E-state index is 11.5. The maximum Gasteiger partial charge on any atom is 0.306 e. The van der Waals surface area contributed by atoms with Gasteiger partial charge < -0.3 is 15.9 Å². The topological polar surface area (TPSA) is 101 Å². The number of rotatable bonds is 16. The van der Waals surface area contributed by atoms with Crippen LogP contribution in [0.3, 0.4) is 0 Å². The highest BCUT2D eigenvalue weighted by atomic mass is 16.4. The Morgan fingerprint density at radius 2 is 1.42 bits per heavy atom. The van der Waals surface area contributed by atoms with E-state index in [-0.39, 0.29) is 23.8 Å². The molecule has 3 atom stereocenters. The molecule has 4 N–H and O–H groups in total. The summed E-state index contributed by atoms with van der Waals surface area (Å²) in [5, 5.41) is 18.7. The average Bonchev–Trinajstić information content (AvgIpc) is 2.52. The van der Waals surface area contributed by atoms with Crippen LogP contribution in [0.4, 0.5) is 0 Å². The third-order valence-corrected chi connectivity index (χ3v) is 4.74. The molecule has 142 valence electrons. The minimum Gasteiger partial charge on any atom is -0.481 e. The van der Waals surface area contributed by atoms with Gasteiger partial charge in [-0.25, -0.2) is 0 Å².